The first-order valence-corrected chi connectivity index (χ1v) is 7.02. The van der Waals surface area contributed by atoms with Gasteiger partial charge in [0, 0.05) is 24.1 Å². The molecule has 1 aromatic carbocycles. The number of nitrogens with two attached hydrogens (primary N) is 1. The predicted molar refractivity (Wildman–Crippen MR) is 78.1 cm³/mol. The van der Waals surface area contributed by atoms with Crippen molar-refractivity contribution >= 4 is 34.2 Å². The summed E-state index contributed by atoms with van der Waals surface area (Å²) in [5.41, 5.74) is 8.47. The predicted octanol–water partition coefficient (Wildman–Crippen LogP) is 2.31. The summed E-state index contributed by atoms with van der Waals surface area (Å²) >= 11 is 1.31. The molecular formula is C13H10N6OS. The van der Waals surface area contributed by atoms with Crippen LogP contribution >= 0.6 is 11.8 Å². The molecule has 4 rings (SSSR count). The number of aryl methyl sites for hydroxylation is 1. The number of fused-ring (bicyclic) bond motifs is 2. The third-order valence-corrected chi connectivity index (χ3v) is 3.87. The number of aromatic nitrogens is 5. The zero-order valence-electron chi connectivity index (χ0n) is 11.0. The molecule has 7 nitrogen and oxygen atoms in total. The maximum Gasteiger partial charge on any atom is 0.263 e. The monoisotopic (exact) mass is 298 g/mol. The SMILES string of the molecule is Cc1nnc2c(Sc3nc4ccc(N)cc4o3)nccn12. The van der Waals surface area contributed by atoms with Crippen molar-refractivity contribution in [3.05, 3.63) is 36.4 Å². The van der Waals surface area contributed by atoms with Crippen LogP contribution < -0.4 is 5.73 Å². The van der Waals surface area contributed by atoms with Gasteiger partial charge in [-0.1, -0.05) is 0 Å². The summed E-state index contributed by atoms with van der Waals surface area (Å²) in [5, 5.41) is 9.36. The Morgan fingerprint density at radius 1 is 1.29 bits per heavy atom. The fourth-order valence-corrected chi connectivity index (χ4v) is 2.82. The van der Waals surface area contributed by atoms with Crippen LogP contribution in [-0.2, 0) is 0 Å². The summed E-state index contributed by atoms with van der Waals surface area (Å²) in [7, 11) is 0. The summed E-state index contributed by atoms with van der Waals surface area (Å²) in [5.74, 6) is 0.805. The molecule has 0 fully saturated rings. The maximum atomic E-state index is 5.73. The Kier molecular flexibility index (Phi) is 2.58. The number of nitrogen functional groups attached to an aromatic ring is 1. The van der Waals surface area contributed by atoms with Crippen LogP contribution in [0.15, 0.2) is 45.3 Å². The van der Waals surface area contributed by atoms with Gasteiger partial charge in [-0.25, -0.2) is 9.97 Å². The van der Waals surface area contributed by atoms with Crippen molar-refractivity contribution in [2.75, 3.05) is 5.73 Å². The molecule has 0 aliphatic heterocycles. The van der Waals surface area contributed by atoms with Gasteiger partial charge in [0.2, 0.25) is 0 Å². The molecular weight excluding hydrogens is 288 g/mol. The quantitative estimate of drug-likeness (QED) is 0.567. The molecule has 21 heavy (non-hydrogen) atoms. The molecule has 0 radical (unpaired) electrons. The molecule has 0 aliphatic rings. The summed E-state index contributed by atoms with van der Waals surface area (Å²) in [6.45, 7) is 1.89. The van der Waals surface area contributed by atoms with Crippen LogP contribution in [0, 0.1) is 6.92 Å². The summed E-state index contributed by atoms with van der Waals surface area (Å²) in [6, 6.07) is 5.37. The largest absolute Gasteiger partial charge is 0.431 e. The lowest BCUT2D eigenvalue weighted by atomic mass is 10.3. The zero-order valence-corrected chi connectivity index (χ0v) is 11.8. The first-order valence-electron chi connectivity index (χ1n) is 6.21. The van der Waals surface area contributed by atoms with Crippen molar-refractivity contribution in [2.45, 2.75) is 17.2 Å². The van der Waals surface area contributed by atoms with Crippen LogP contribution in [0.4, 0.5) is 5.69 Å². The van der Waals surface area contributed by atoms with Crippen LogP contribution in [0.25, 0.3) is 16.7 Å². The Morgan fingerprint density at radius 3 is 3.10 bits per heavy atom. The van der Waals surface area contributed by atoms with Crippen molar-refractivity contribution in [3.8, 4) is 0 Å². The van der Waals surface area contributed by atoms with Gasteiger partial charge in [0.15, 0.2) is 16.3 Å². The minimum absolute atomic E-state index is 0.497. The molecule has 0 unspecified atom stereocenters. The second-order valence-corrected chi connectivity index (χ2v) is 5.42. The van der Waals surface area contributed by atoms with Crippen LogP contribution in [0.2, 0.25) is 0 Å². The highest BCUT2D eigenvalue weighted by atomic mass is 32.2. The van der Waals surface area contributed by atoms with Gasteiger partial charge in [0.25, 0.3) is 5.22 Å². The lowest BCUT2D eigenvalue weighted by Crippen LogP contribution is -1.91. The minimum atomic E-state index is 0.497. The summed E-state index contributed by atoms with van der Waals surface area (Å²) < 4.78 is 7.55. The highest BCUT2D eigenvalue weighted by molar-refractivity contribution is 7.99. The van der Waals surface area contributed by atoms with E-state index in [0.29, 0.717) is 27.2 Å². The van der Waals surface area contributed by atoms with Gasteiger partial charge in [0.1, 0.15) is 11.3 Å². The lowest BCUT2D eigenvalue weighted by molar-refractivity contribution is 0.489. The van der Waals surface area contributed by atoms with Gasteiger partial charge in [-0.15, -0.1) is 10.2 Å². The molecule has 0 atom stereocenters. The first kappa shape index (κ1) is 12.2. The Bertz CT molecular complexity index is 960. The normalized spacial score (nSPS) is 11.5. The molecule has 2 N–H and O–H groups in total. The standard InChI is InChI=1S/C13H10N6OS/c1-7-17-18-11-12(15-4-5-19(7)11)21-13-16-9-3-2-8(14)6-10(9)20-13/h2-6H,14H2,1H3. The summed E-state index contributed by atoms with van der Waals surface area (Å²) in [6.07, 6.45) is 3.52. The Balaban J connectivity index is 1.79. The zero-order chi connectivity index (χ0) is 14.4. The smallest absolute Gasteiger partial charge is 0.263 e. The number of nitrogens with zero attached hydrogens (tertiary/aromatic N) is 5. The number of hydrogen-bond acceptors (Lipinski definition) is 7. The molecule has 104 valence electrons. The van der Waals surface area contributed by atoms with Crippen LogP contribution in [0.5, 0.6) is 0 Å². The minimum Gasteiger partial charge on any atom is -0.431 e. The molecule has 4 aromatic rings. The van der Waals surface area contributed by atoms with Gasteiger partial charge in [0.05, 0.1) is 0 Å². The maximum absolute atomic E-state index is 5.73. The second-order valence-electron chi connectivity index (χ2n) is 4.48. The molecule has 3 heterocycles. The molecule has 0 amide bonds. The Hall–Kier alpha value is -2.61. The Morgan fingerprint density at radius 2 is 2.19 bits per heavy atom. The summed E-state index contributed by atoms with van der Waals surface area (Å²) in [4.78, 5) is 8.72. The van der Waals surface area contributed by atoms with Gasteiger partial charge in [-0.2, -0.15) is 0 Å². The molecule has 0 saturated heterocycles. The average molecular weight is 298 g/mol. The fraction of sp³-hybridized carbons (Fsp3) is 0.0769. The highest BCUT2D eigenvalue weighted by Crippen LogP contribution is 2.31. The number of anilines is 1. The Labute approximate surface area is 123 Å². The van der Waals surface area contributed by atoms with Crippen molar-refractivity contribution in [1.29, 1.82) is 0 Å². The van der Waals surface area contributed by atoms with E-state index in [2.05, 4.69) is 20.2 Å². The highest BCUT2D eigenvalue weighted by Gasteiger charge is 2.13. The first-order chi connectivity index (χ1) is 10.2. The van der Waals surface area contributed by atoms with Gasteiger partial charge >= 0.3 is 0 Å². The van der Waals surface area contributed by atoms with Crippen molar-refractivity contribution < 1.29 is 4.42 Å². The van der Waals surface area contributed by atoms with E-state index in [1.807, 2.05) is 23.6 Å². The third kappa shape index (κ3) is 2.00. The van der Waals surface area contributed by atoms with Crippen molar-refractivity contribution in [1.82, 2.24) is 24.6 Å². The molecule has 0 spiro atoms. The van der Waals surface area contributed by atoms with Gasteiger partial charge < -0.3 is 10.2 Å². The van der Waals surface area contributed by atoms with E-state index in [4.69, 9.17) is 10.2 Å². The molecule has 0 aliphatic carbocycles. The van der Waals surface area contributed by atoms with Crippen molar-refractivity contribution in [2.24, 2.45) is 0 Å². The number of rotatable bonds is 2. The van der Waals surface area contributed by atoms with Crippen LogP contribution in [0.1, 0.15) is 5.82 Å². The topological polar surface area (TPSA) is 95.1 Å². The molecule has 3 aromatic heterocycles. The van der Waals surface area contributed by atoms with Gasteiger partial charge in [-0.05, 0) is 30.8 Å². The average Bonchev–Trinajstić information content (AvgIpc) is 3.03. The fourth-order valence-electron chi connectivity index (χ4n) is 2.04. The van der Waals surface area contributed by atoms with Crippen molar-refractivity contribution in [3.63, 3.8) is 0 Å². The number of oxazole rings is 1. The van der Waals surface area contributed by atoms with Crippen LogP contribution in [0.3, 0.4) is 0 Å². The third-order valence-electron chi connectivity index (χ3n) is 3.04. The van der Waals surface area contributed by atoms with E-state index in [9.17, 15) is 0 Å². The second kappa shape index (κ2) is 4.45. The van der Waals surface area contributed by atoms with E-state index >= 15 is 0 Å². The van der Waals surface area contributed by atoms with E-state index in [1.165, 1.54) is 11.8 Å². The molecule has 0 saturated carbocycles. The van der Waals surface area contributed by atoms with E-state index in [-0.39, 0.29) is 0 Å². The van der Waals surface area contributed by atoms with Crippen LogP contribution in [-0.4, -0.2) is 24.6 Å². The molecule has 0 bridgehead atoms. The number of benzene rings is 1. The number of hydrogen-bond donors (Lipinski definition) is 1. The van der Waals surface area contributed by atoms with E-state index in [1.54, 1.807) is 18.3 Å². The molecule has 8 heteroatoms. The van der Waals surface area contributed by atoms with E-state index in [0.717, 1.165) is 11.3 Å². The van der Waals surface area contributed by atoms with E-state index < -0.39 is 0 Å². The lowest BCUT2D eigenvalue weighted by Gasteiger charge is -1.98. The van der Waals surface area contributed by atoms with Gasteiger partial charge in [-0.3, -0.25) is 4.40 Å².